The lowest BCUT2D eigenvalue weighted by Gasteiger charge is -2.40. The van der Waals surface area contributed by atoms with E-state index in [0.717, 1.165) is 12.8 Å². The van der Waals surface area contributed by atoms with Crippen LogP contribution in [-0.2, 0) is 28.8 Å². The molecule has 0 radical (unpaired) electrons. The fraction of sp³-hybridized carbons (Fsp3) is 0.765. The van der Waals surface area contributed by atoms with Gasteiger partial charge in [0.1, 0.15) is 6.10 Å². The van der Waals surface area contributed by atoms with Crippen LogP contribution >= 0.6 is 0 Å². The predicted octanol–water partition coefficient (Wildman–Crippen LogP) is 3.65. The van der Waals surface area contributed by atoms with Crippen LogP contribution in [0.1, 0.15) is 54.4 Å². The summed E-state index contributed by atoms with van der Waals surface area (Å²) in [7, 11) is 0. The molecule has 1 N–H and O–H groups in total. The van der Waals surface area contributed by atoms with E-state index in [9.17, 15) is 9.59 Å². The largest absolute Gasteiger partial charge is 0.510 e. The Kier molecular flexibility index (Phi) is 9.69. The lowest BCUT2D eigenvalue weighted by atomic mass is 9.93. The summed E-state index contributed by atoms with van der Waals surface area (Å²) in [5.74, 6) is -2.59. The number of rotatable bonds is 11. The third-order valence-corrected chi connectivity index (χ3v) is 3.05. The molecule has 0 spiro atoms. The minimum absolute atomic E-state index is 0.166. The van der Waals surface area contributed by atoms with Gasteiger partial charge in [0.25, 0.3) is 0 Å². The summed E-state index contributed by atoms with van der Waals surface area (Å²) in [5, 5.41) is 9.06. The molecule has 0 aliphatic heterocycles. The summed E-state index contributed by atoms with van der Waals surface area (Å²) in [4.78, 5) is 33.0. The summed E-state index contributed by atoms with van der Waals surface area (Å²) in [6.45, 7) is 13.7. The van der Waals surface area contributed by atoms with Crippen LogP contribution in [-0.4, -0.2) is 42.5 Å². The Bertz CT molecular complexity index is 454. The molecule has 8 heteroatoms. The fourth-order valence-electron chi connectivity index (χ4n) is 1.55. The first kappa shape index (κ1) is 23.4. The van der Waals surface area contributed by atoms with Crippen molar-refractivity contribution in [1.82, 2.24) is 0 Å². The zero-order valence-corrected chi connectivity index (χ0v) is 15.9. The Morgan fingerprint density at radius 2 is 1.84 bits per heavy atom. The van der Waals surface area contributed by atoms with Gasteiger partial charge in [-0.3, -0.25) is 0 Å². The van der Waals surface area contributed by atoms with Crippen LogP contribution in [0.15, 0.2) is 12.2 Å². The molecule has 0 fully saturated rings. The molecule has 0 rings (SSSR count). The number of carboxylic acid groups (broad SMARTS) is 1. The average Bonchev–Trinajstić information content (AvgIpc) is 2.47. The maximum atomic E-state index is 11.5. The van der Waals surface area contributed by atoms with Crippen molar-refractivity contribution in [2.45, 2.75) is 66.5 Å². The van der Waals surface area contributed by atoms with Gasteiger partial charge in [0.15, 0.2) is 0 Å². The second kappa shape index (κ2) is 10.4. The number of carbonyl (C=O) groups is 2. The van der Waals surface area contributed by atoms with Gasteiger partial charge in [0.2, 0.25) is 0 Å². The Morgan fingerprint density at radius 3 is 2.28 bits per heavy atom. The molecule has 0 saturated carbocycles. The second-order valence-electron chi connectivity index (χ2n) is 6.74. The second-order valence-corrected chi connectivity index (χ2v) is 6.74. The third-order valence-electron chi connectivity index (χ3n) is 3.05. The van der Waals surface area contributed by atoms with Gasteiger partial charge in [-0.25, -0.2) is 14.5 Å². The summed E-state index contributed by atoms with van der Waals surface area (Å²) >= 11 is 0. The Hall–Kier alpha value is -1.64. The van der Waals surface area contributed by atoms with Crippen LogP contribution in [0.3, 0.4) is 0 Å². The monoisotopic (exact) mass is 362 g/mol. The summed E-state index contributed by atoms with van der Waals surface area (Å²) < 4.78 is 15.6. The van der Waals surface area contributed by atoms with Crippen LogP contribution in [0, 0.1) is 5.41 Å². The summed E-state index contributed by atoms with van der Waals surface area (Å²) in [6, 6.07) is 0. The highest BCUT2D eigenvalue weighted by Gasteiger charge is 2.51. The zero-order chi connectivity index (χ0) is 19.7. The van der Waals surface area contributed by atoms with Crippen LogP contribution in [0.5, 0.6) is 0 Å². The number of unbranched alkanes of at least 4 members (excludes halogenated alkanes) is 1. The van der Waals surface area contributed by atoms with Crippen molar-refractivity contribution in [3.63, 3.8) is 0 Å². The highest BCUT2D eigenvalue weighted by Crippen LogP contribution is 2.37. The Labute approximate surface area is 149 Å². The lowest BCUT2D eigenvalue weighted by molar-refractivity contribution is -0.523. The van der Waals surface area contributed by atoms with Crippen molar-refractivity contribution >= 4 is 12.1 Å². The molecule has 0 aliphatic carbocycles. The first-order valence-electron chi connectivity index (χ1n) is 8.18. The minimum atomic E-state index is -2.02. The van der Waals surface area contributed by atoms with Gasteiger partial charge in [-0.05, 0) is 20.3 Å². The van der Waals surface area contributed by atoms with Gasteiger partial charge in [-0.1, -0.05) is 40.7 Å². The molecule has 0 bridgehead atoms. The van der Waals surface area contributed by atoms with Gasteiger partial charge in [0, 0.05) is 5.57 Å². The topological polar surface area (TPSA) is 101 Å². The molecule has 0 amide bonds. The van der Waals surface area contributed by atoms with Gasteiger partial charge < -0.3 is 19.3 Å². The first-order valence-corrected chi connectivity index (χ1v) is 8.18. The van der Waals surface area contributed by atoms with Gasteiger partial charge >= 0.3 is 18.1 Å². The number of hydrogen-bond donors (Lipinski definition) is 1. The van der Waals surface area contributed by atoms with Crippen LogP contribution < -0.4 is 0 Å². The van der Waals surface area contributed by atoms with Crippen LogP contribution in [0.4, 0.5) is 4.79 Å². The van der Waals surface area contributed by atoms with Gasteiger partial charge in [-0.2, -0.15) is 4.89 Å². The van der Waals surface area contributed by atoms with E-state index in [1.54, 1.807) is 27.7 Å². The molecule has 0 saturated heterocycles. The van der Waals surface area contributed by atoms with Crippen LogP contribution in [0.2, 0.25) is 0 Å². The standard InChI is InChI=1S/C17H30O8/c1-8-9-10-22-25-17(16(5,6)7,24-15(19)20)21-11-13(4)23-14(18)12(2)3/h13H,2,8-11H2,1,3-7H3,(H,19,20). The predicted molar refractivity (Wildman–Crippen MR) is 89.6 cm³/mol. The molecule has 0 aromatic rings. The van der Waals surface area contributed by atoms with Gasteiger partial charge in [0.05, 0.1) is 18.6 Å². The first-order chi connectivity index (χ1) is 11.4. The summed E-state index contributed by atoms with van der Waals surface area (Å²) in [5.41, 5.74) is -0.676. The molecule has 8 nitrogen and oxygen atoms in total. The number of hydrogen-bond acceptors (Lipinski definition) is 7. The number of ether oxygens (including phenoxy) is 3. The molecule has 0 aromatic carbocycles. The normalized spacial score (nSPS) is 15.1. The minimum Gasteiger partial charge on any atom is -0.457 e. The van der Waals surface area contributed by atoms with Crippen molar-refractivity contribution in [3.8, 4) is 0 Å². The number of carbonyl (C=O) groups excluding carboxylic acids is 1. The van der Waals surface area contributed by atoms with Crippen LogP contribution in [0.25, 0.3) is 0 Å². The van der Waals surface area contributed by atoms with E-state index in [2.05, 4.69) is 6.58 Å². The third kappa shape index (κ3) is 8.33. The van der Waals surface area contributed by atoms with E-state index in [4.69, 9.17) is 29.1 Å². The van der Waals surface area contributed by atoms with E-state index < -0.39 is 29.6 Å². The average molecular weight is 362 g/mol. The van der Waals surface area contributed by atoms with E-state index in [1.807, 2.05) is 6.92 Å². The summed E-state index contributed by atoms with van der Waals surface area (Å²) in [6.07, 6.45) is -0.663. The van der Waals surface area contributed by atoms with Crippen molar-refractivity contribution in [1.29, 1.82) is 0 Å². The van der Waals surface area contributed by atoms with Crippen molar-refractivity contribution < 1.29 is 38.7 Å². The molecule has 25 heavy (non-hydrogen) atoms. The molecule has 0 aromatic heterocycles. The Morgan fingerprint density at radius 1 is 1.24 bits per heavy atom. The highest BCUT2D eigenvalue weighted by atomic mass is 17.3. The maximum absolute atomic E-state index is 11.5. The van der Waals surface area contributed by atoms with Crippen molar-refractivity contribution in [3.05, 3.63) is 12.2 Å². The van der Waals surface area contributed by atoms with Crippen molar-refractivity contribution in [2.75, 3.05) is 13.2 Å². The maximum Gasteiger partial charge on any atom is 0.510 e. The molecule has 146 valence electrons. The molecular formula is C17H30O8. The number of esters is 1. The fourth-order valence-corrected chi connectivity index (χ4v) is 1.55. The molecule has 0 heterocycles. The SMILES string of the molecule is C=C(C)C(=O)OC(C)COC(OOCCCC)(OC(=O)O)C(C)(C)C. The quantitative estimate of drug-likeness (QED) is 0.148. The smallest absolute Gasteiger partial charge is 0.457 e. The highest BCUT2D eigenvalue weighted by molar-refractivity contribution is 5.87. The molecule has 2 atom stereocenters. The van der Waals surface area contributed by atoms with E-state index >= 15 is 0 Å². The van der Waals surface area contributed by atoms with E-state index in [-0.39, 0.29) is 18.8 Å². The molecular weight excluding hydrogens is 332 g/mol. The van der Waals surface area contributed by atoms with Gasteiger partial charge in [-0.15, -0.1) is 0 Å². The zero-order valence-electron chi connectivity index (χ0n) is 15.9. The van der Waals surface area contributed by atoms with E-state index in [1.165, 1.54) is 6.92 Å². The molecule has 2 unspecified atom stereocenters. The molecule has 0 aliphatic rings. The lowest BCUT2D eigenvalue weighted by Crippen LogP contribution is -2.52. The Balaban J connectivity index is 5.10. The van der Waals surface area contributed by atoms with Crippen molar-refractivity contribution in [2.24, 2.45) is 5.41 Å². The van der Waals surface area contributed by atoms with E-state index in [0.29, 0.717) is 0 Å².